The summed E-state index contributed by atoms with van der Waals surface area (Å²) in [5.41, 5.74) is 4.62. The van der Waals surface area contributed by atoms with E-state index in [9.17, 15) is 14.9 Å². The standard InChI is InChI=1S/C32H32N4O2/c33-20-21-14-16-22(17-15-21)29-26-18-19-36(30(26)24-10-4-6-12-27(24)34-29)32(38)25-11-5-7-13-28(25)35-31(37)23-8-2-1-3-9-23/h1-4,6,8-10,12,14-17,25-26,28-30,34H,5,7,11,13,18-19H2,(H,35,37)/t25-,26+,28?,29-,30-/m0/s1. The molecule has 3 aromatic rings. The molecule has 1 aliphatic carbocycles. The van der Waals surface area contributed by atoms with Gasteiger partial charge in [-0.2, -0.15) is 5.26 Å². The lowest BCUT2D eigenvalue weighted by molar-refractivity contribution is -0.138. The maximum absolute atomic E-state index is 14.2. The van der Waals surface area contributed by atoms with Gasteiger partial charge in [-0.05, 0) is 60.7 Å². The van der Waals surface area contributed by atoms with Crippen LogP contribution in [0, 0.1) is 23.2 Å². The fourth-order valence-electron chi connectivity index (χ4n) is 6.72. The zero-order valence-corrected chi connectivity index (χ0v) is 21.3. The number of nitrogens with one attached hydrogen (secondary N) is 2. The average molecular weight is 505 g/mol. The summed E-state index contributed by atoms with van der Waals surface area (Å²) in [5, 5.41) is 16.2. The van der Waals surface area contributed by atoms with Gasteiger partial charge in [0.15, 0.2) is 0 Å². The Morgan fingerprint density at radius 2 is 1.63 bits per heavy atom. The zero-order chi connectivity index (χ0) is 26.1. The molecule has 6 heteroatoms. The van der Waals surface area contributed by atoms with Crippen molar-refractivity contribution in [2.75, 3.05) is 11.9 Å². The number of benzene rings is 3. The molecular formula is C32H32N4O2. The number of rotatable bonds is 4. The fraction of sp³-hybridized carbons (Fsp3) is 0.344. The van der Waals surface area contributed by atoms with Gasteiger partial charge in [0.1, 0.15) is 0 Å². The highest BCUT2D eigenvalue weighted by molar-refractivity contribution is 5.95. The highest BCUT2D eigenvalue weighted by Crippen LogP contribution is 2.51. The molecule has 2 aliphatic heterocycles. The molecular weight excluding hydrogens is 472 g/mol. The van der Waals surface area contributed by atoms with Crippen LogP contribution in [-0.2, 0) is 4.79 Å². The number of fused-ring (bicyclic) bond motifs is 3. The van der Waals surface area contributed by atoms with Crippen LogP contribution in [0.5, 0.6) is 0 Å². The van der Waals surface area contributed by atoms with Gasteiger partial charge in [-0.3, -0.25) is 9.59 Å². The van der Waals surface area contributed by atoms with Gasteiger partial charge < -0.3 is 15.5 Å². The van der Waals surface area contributed by atoms with Crippen LogP contribution in [0.4, 0.5) is 5.69 Å². The molecule has 1 unspecified atom stereocenters. The van der Waals surface area contributed by atoms with Crippen molar-refractivity contribution in [3.8, 4) is 6.07 Å². The molecule has 2 amide bonds. The predicted molar refractivity (Wildman–Crippen MR) is 146 cm³/mol. The number of carbonyl (C=O) groups is 2. The van der Waals surface area contributed by atoms with Crippen LogP contribution in [0.25, 0.3) is 0 Å². The van der Waals surface area contributed by atoms with Crippen molar-refractivity contribution in [1.29, 1.82) is 5.26 Å². The first-order chi connectivity index (χ1) is 18.6. The van der Waals surface area contributed by atoms with Crippen LogP contribution in [0.2, 0.25) is 0 Å². The monoisotopic (exact) mass is 504 g/mol. The van der Waals surface area contributed by atoms with Gasteiger partial charge in [-0.15, -0.1) is 0 Å². The summed E-state index contributed by atoms with van der Waals surface area (Å²) in [6.45, 7) is 0.701. The third-order valence-electron chi connectivity index (χ3n) is 8.58. The Bertz CT molecular complexity index is 1360. The molecule has 2 N–H and O–H groups in total. The van der Waals surface area contributed by atoms with Crippen LogP contribution in [-0.4, -0.2) is 29.3 Å². The third kappa shape index (κ3) is 4.43. The lowest BCUT2D eigenvalue weighted by atomic mass is 9.79. The average Bonchev–Trinajstić information content (AvgIpc) is 3.43. The van der Waals surface area contributed by atoms with Gasteiger partial charge in [-0.25, -0.2) is 0 Å². The summed E-state index contributed by atoms with van der Waals surface area (Å²) < 4.78 is 0. The van der Waals surface area contributed by atoms with E-state index in [1.165, 1.54) is 0 Å². The molecule has 0 aromatic heterocycles. The van der Waals surface area contributed by atoms with Crippen molar-refractivity contribution in [2.45, 2.75) is 50.2 Å². The molecule has 38 heavy (non-hydrogen) atoms. The predicted octanol–water partition coefficient (Wildman–Crippen LogP) is 5.60. The van der Waals surface area contributed by atoms with Gasteiger partial charge in [0.05, 0.1) is 29.6 Å². The van der Waals surface area contributed by atoms with E-state index in [-0.39, 0.29) is 41.8 Å². The molecule has 3 aliphatic rings. The number of para-hydroxylation sites is 1. The van der Waals surface area contributed by atoms with Crippen molar-refractivity contribution in [2.24, 2.45) is 11.8 Å². The van der Waals surface area contributed by atoms with Crippen molar-refractivity contribution in [1.82, 2.24) is 10.2 Å². The maximum atomic E-state index is 14.2. The van der Waals surface area contributed by atoms with Gasteiger partial charge in [0, 0.05) is 29.8 Å². The summed E-state index contributed by atoms with van der Waals surface area (Å²) in [4.78, 5) is 29.3. The second kappa shape index (κ2) is 10.3. The van der Waals surface area contributed by atoms with Crippen LogP contribution in [0.3, 0.4) is 0 Å². The number of nitrogens with zero attached hydrogens (tertiary/aromatic N) is 2. The normalized spacial score (nSPS) is 25.9. The number of amides is 2. The maximum Gasteiger partial charge on any atom is 0.251 e. The highest BCUT2D eigenvalue weighted by atomic mass is 16.2. The Kier molecular flexibility index (Phi) is 6.59. The minimum absolute atomic E-state index is 0.0204. The van der Waals surface area contributed by atoms with E-state index in [1.54, 1.807) is 0 Å². The molecule has 6 nitrogen and oxygen atoms in total. The molecule has 192 valence electrons. The Morgan fingerprint density at radius 3 is 2.42 bits per heavy atom. The topological polar surface area (TPSA) is 85.2 Å². The van der Waals surface area contributed by atoms with Gasteiger partial charge in [0.2, 0.25) is 5.91 Å². The van der Waals surface area contributed by atoms with E-state index in [0.29, 0.717) is 17.7 Å². The van der Waals surface area contributed by atoms with Crippen LogP contribution in [0.1, 0.15) is 71.2 Å². The molecule has 2 heterocycles. The molecule has 1 saturated heterocycles. The highest BCUT2D eigenvalue weighted by Gasteiger charge is 2.48. The van der Waals surface area contributed by atoms with E-state index < -0.39 is 0 Å². The SMILES string of the molecule is N#Cc1ccc([C@@H]2Nc3ccccc3[C@H]3[C@@H]2CCN3C(=O)[C@H]2CCCCC2NC(=O)c2ccccc2)cc1. The quantitative estimate of drug-likeness (QED) is 0.484. The summed E-state index contributed by atoms with van der Waals surface area (Å²) in [6, 6.07) is 27.4. The van der Waals surface area contributed by atoms with Gasteiger partial charge in [-0.1, -0.05) is 61.4 Å². The van der Waals surface area contributed by atoms with Gasteiger partial charge >= 0.3 is 0 Å². The van der Waals surface area contributed by atoms with Crippen molar-refractivity contribution in [3.05, 3.63) is 101 Å². The first kappa shape index (κ1) is 24.2. The number of carbonyl (C=O) groups excluding carboxylic acids is 2. The van der Waals surface area contributed by atoms with E-state index in [0.717, 1.165) is 48.9 Å². The lowest BCUT2D eigenvalue weighted by Crippen LogP contribution is -2.50. The van der Waals surface area contributed by atoms with Crippen LogP contribution < -0.4 is 10.6 Å². The Hall–Kier alpha value is -4.11. The second-order valence-electron chi connectivity index (χ2n) is 10.7. The van der Waals surface area contributed by atoms with E-state index in [2.05, 4.69) is 33.7 Å². The van der Waals surface area contributed by atoms with Crippen molar-refractivity contribution in [3.63, 3.8) is 0 Å². The minimum Gasteiger partial charge on any atom is -0.378 e. The van der Waals surface area contributed by atoms with Crippen molar-refractivity contribution < 1.29 is 9.59 Å². The number of hydrogen-bond donors (Lipinski definition) is 2. The largest absolute Gasteiger partial charge is 0.378 e. The molecule has 0 spiro atoms. The fourth-order valence-corrected chi connectivity index (χ4v) is 6.72. The van der Waals surface area contributed by atoms with Crippen LogP contribution in [0.15, 0.2) is 78.9 Å². The number of anilines is 1. The molecule has 3 aromatic carbocycles. The molecule has 1 saturated carbocycles. The number of likely N-dealkylation sites (tertiary alicyclic amines) is 1. The molecule has 5 atom stereocenters. The Balaban J connectivity index is 1.28. The first-order valence-electron chi connectivity index (χ1n) is 13.7. The zero-order valence-electron chi connectivity index (χ0n) is 21.3. The molecule has 0 radical (unpaired) electrons. The van der Waals surface area contributed by atoms with E-state index >= 15 is 0 Å². The van der Waals surface area contributed by atoms with E-state index in [4.69, 9.17) is 0 Å². The van der Waals surface area contributed by atoms with Crippen molar-refractivity contribution >= 4 is 17.5 Å². The minimum atomic E-state index is -0.217. The Labute approximate surface area is 223 Å². The lowest BCUT2D eigenvalue weighted by Gasteiger charge is -2.42. The Morgan fingerprint density at radius 1 is 0.895 bits per heavy atom. The molecule has 2 fully saturated rings. The number of nitriles is 1. The molecule has 6 rings (SSSR count). The van der Waals surface area contributed by atoms with E-state index in [1.807, 2.05) is 66.7 Å². The second-order valence-corrected chi connectivity index (χ2v) is 10.7. The molecule has 0 bridgehead atoms. The van der Waals surface area contributed by atoms with Gasteiger partial charge in [0.25, 0.3) is 5.91 Å². The smallest absolute Gasteiger partial charge is 0.251 e. The summed E-state index contributed by atoms with van der Waals surface area (Å²) in [5.74, 6) is 0.0573. The number of hydrogen-bond acceptors (Lipinski definition) is 4. The summed E-state index contributed by atoms with van der Waals surface area (Å²) in [6.07, 6.45) is 4.54. The summed E-state index contributed by atoms with van der Waals surface area (Å²) >= 11 is 0. The summed E-state index contributed by atoms with van der Waals surface area (Å²) in [7, 11) is 0. The third-order valence-corrected chi connectivity index (χ3v) is 8.58. The first-order valence-corrected chi connectivity index (χ1v) is 13.7. The van der Waals surface area contributed by atoms with Crippen LogP contribution >= 0.6 is 0 Å².